The molecule has 1 aromatic rings. The number of hydrogen-bond acceptors (Lipinski definition) is 3. The third-order valence-corrected chi connectivity index (χ3v) is 4.10. The maximum absolute atomic E-state index is 12.5. The second-order valence-electron chi connectivity index (χ2n) is 5.93. The number of alkyl halides is 3. The fourth-order valence-electron chi connectivity index (χ4n) is 2.62. The lowest BCUT2D eigenvalue weighted by atomic mass is 10.2. The monoisotopic (exact) mass is 344 g/mol. The average molecular weight is 344 g/mol. The third-order valence-electron chi connectivity index (χ3n) is 4.10. The van der Waals surface area contributed by atoms with E-state index in [-0.39, 0.29) is 5.75 Å². The molecule has 0 unspecified atom stereocenters. The van der Waals surface area contributed by atoms with Gasteiger partial charge in [-0.05, 0) is 37.2 Å². The van der Waals surface area contributed by atoms with Gasteiger partial charge in [0.15, 0.2) is 0 Å². The van der Waals surface area contributed by atoms with E-state index in [1.807, 2.05) is 0 Å². The zero-order valence-corrected chi connectivity index (χ0v) is 13.8. The van der Waals surface area contributed by atoms with Crippen LogP contribution in [0.1, 0.15) is 31.7 Å². The molecule has 1 amide bonds. The second kappa shape index (κ2) is 8.37. The summed E-state index contributed by atoms with van der Waals surface area (Å²) >= 11 is 0. The second-order valence-corrected chi connectivity index (χ2v) is 5.93. The molecule has 7 heteroatoms. The van der Waals surface area contributed by atoms with Gasteiger partial charge in [-0.15, -0.1) is 0 Å². The first kappa shape index (κ1) is 18.6. The Kier molecular flexibility index (Phi) is 6.48. The first-order valence-corrected chi connectivity index (χ1v) is 8.26. The highest BCUT2D eigenvalue weighted by Crippen LogP contribution is 2.30. The molecule has 0 radical (unpaired) electrons. The normalized spacial score (nSPS) is 16.2. The van der Waals surface area contributed by atoms with Crippen LogP contribution >= 0.6 is 0 Å². The summed E-state index contributed by atoms with van der Waals surface area (Å²) in [5.74, 6) is 0.123. The molecule has 0 saturated carbocycles. The summed E-state index contributed by atoms with van der Waals surface area (Å²) in [6.45, 7) is 5.94. The quantitative estimate of drug-likeness (QED) is 0.757. The summed E-state index contributed by atoms with van der Waals surface area (Å²) in [6.07, 6.45) is -1.36. The minimum absolute atomic E-state index is 0.123. The van der Waals surface area contributed by atoms with E-state index in [1.54, 1.807) is 4.90 Å². The molecule has 1 aliphatic heterocycles. The number of benzene rings is 1. The maximum atomic E-state index is 12.5. The Morgan fingerprint density at radius 2 is 1.71 bits per heavy atom. The largest absolute Gasteiger partial charge is 0.416 e. The van der Waals surface area contributed by atoms with E-state index in [2.05, 4.69) is 11.8 Å². The molecular formula is C17H23F3N2O2. The predicted molar refractivity (Wildman–Crippen MR) is 85.0 cm³/mol. The molecule has 0 bridgehead atoms. The molecule has 0 aliphatic carbocycles. The van der Waals surface area contributed by atoms with E-state index in [0.29, 0.717) is 13.1 Å². The van der Waals surface area contributed by atoms with Crippen molar-refractivity contribution in [1.82, 2.24) is 9.80 Å². The van der Waals surface area contributed by atoms with Gasteiger partial charge in [0.1, 0.15) is 5.75 Å². The highest BCUT2D eigenvalue weighted by Gasteiger charge is 2.30. The van der Waals surface area contributed by atoms with E-state index in [9.17, 15) is 18.0 Å². The lowest BCUT2D eigenvalue weighted by Gasteiger charge is -2.34. The summed E-state index contributed by atoms with van der Waals surface area (Å²) in [4.78, 5) is 16.0. The minimum atomic E-state index is -4.39. The van der Waals surface area contributed by atoms with Gasteiger partial charge >= 0.3 is 12.3 Å². The predicted octanol–water partition coefficient (Wildman–Crippen LogP) is 4.01. The van der Waals surface area contributed by atoms with Gasteiger partial charge in [0.05, 0.1) is 5.56 Å². The Hall–Kier alpha value is -1.76. The summed E-state index contributed by atoms with van der Waals surface area (Å²) < 4.78 is 42.7. The van der Waals surface area contributed by atoms with Crippen LogP contribution in [-0.4, -0.2) is 48.6 Å². The number of hydrogen-bond donors (Lipinski definition) is 0. The van der Waals surface area contributed by atoms with Crippen LogP contribution in [0.2, 0.25) is 0 Å². The number of carbonyl (C=O) groups is 1. The highest BCUT2D eigenvalue weighted by molar-refractivity contribution is 5.70. The zero-order valence-electron chi connectivity index (χ0n) is 13.8. The van der Waals surface area contributed by atoms with Gasteiger partial charge < -0.3 is 9.64 Å². The van der Waals surface area contributed by atoms with E-state index in [4.69, 9.17) is 4.74 Å². The molecule has 2 rings (SSSR count). The first-order valence-electron chi connectivity index (χ1n) is 8.26. The van der Waals surface area contributed by atoms with Gasteiger partial charge in [-0.3, -0.25) is 4.90 Å². The van der Waals surface area contributed by atoms with E-state index >= 15 is 0 Å². The fourth-order valence-corrected chi connectivity index (χ4v) is 2.62. The number of ether oxygens (including phenoxy) is 1. The van der Waals surface area contributed by atoms with Crippen molar-refractivity contribution in [2.45, 2.75) is 32.4 Å². The van der Waals surface area contributed by atoms with Crippen LogP contribution in [0.15, 0.2) is 24.3 Å². The van der Waals surface area contributed by atoms with Gasteiger partial charge in [0, 0.05) is 26.2 Å². The van der Waals surface area contributed by atoms with Gasteiger partial charge in [0.25, 0.3) is 0 Å². The highest BCUT2D eigenvalue weighted by atomic mass is 19.4. The van der Waals surface area contributed by atoms with E-state index in [1.165, 1.54) is 25.0 Å². The third kappa shape index (κ3) is 5.40. The molecule has 1 aliphatic rings. The fraction of sp³-hybridized carbons (Fsp3) is 0.588. The Morgan fingerprint density at radius 3 is 2.25 bits per heavy atom. The molecule has 1 saturated heterocycles. The maximum Gasteiger partial charge on any atom is 0.416 e. The molecular weight excluding hydrogens is 321 g/mol. The van der Waals surface area contributed by atoms with Crippen LogP contribution in [0.4, 0.5) is 18.0 Å². The molecule has 0 N–H and O–H groups in total. The molecule has 0 spiro atoms. The summed E-state index contributed by atoms with van der Waals surface area (Å²) in [6, 6.07) is 4.16. The van der Waals surface area contributed by atoms with Crippen LogP contribution in [0, 0.1) is 0 Å². The SMILES string of the molecule is CCCCCN1CCN(C(=O)Oc2ccc(C(F)(F)F)cc2)CC1. The molecule has 0 atom stereocenters. The molecule has 1 heterocycles. The summed E-state index contributed by atoms with van der Waals surface area (Å²) in [7, 11) is 0. The number of amides is 1. The number of halogens is 3. The minimum Gasteiger partial charge on any atom is -0.410 e. The lowest BCUT2D eigenvalue weighted by molar-refractivity contribution is -0.137. The van der Waals surface area contributed by atoms with Crippen LogP contribution in [0.25, 0.3) is 0 Å². The van der Waals surface area contributed by atoms with Crippen molar-refractivity contribution >= 4 is 6.09 Å². The van der Waals surface area contributed by atoms with Crippen molar-refractivity contribution in [1.29, 1.82) is 0 Å². The smallest absolute Gasteiger partial charge is 0.410 e. The van der Waals surface area contributed by atoms with Crippen molar-refractivity contribution in [3.63, 3.8) is 0 Å². The topological polar surface area (TPSA) is 32.8 Å². The zero-order chi connectivity index (χ0) is 17.6. The number of rotatable bonds is 5. The Bertz CT molecular complexity index is 524. The van der Waals surface area contributed by atoms with Crippen LogP contribution < -0.4 is 4.74 Å². The van der Waals surface area contributed by atoms with Gasteiger partial charge in [0.2, 0.25) is 0 Å². The molecule has 24 heavy (non-hydrogen) atoms. The van der Waals surface area contributed by atoms with Crippen LogP contribution in [0.5, 0.6) is 5.75 Å². The molecule has 0 aromatic heterocycles. The molecule has 1 fully saturated rings. The van der Waals surface area contributed by atoms with Gasteiger partial charge in [-0.2, -0.15) is 13.2 Å². The number of piperazine rings is 1. The lowest BCUT2D eigenvalue weighted by Crippen LogP contribution is -2.49. The Balaban J connectivity index is 1.79. The number of nitrogens with zero attached hydrogens (tertiary/aromatic N) is 2. The van der Waals surface area contributed by atoms with Crippen LogP contribution in [0.3, 0.4) is 0 Å². The summed E-state index contributed by atoms with van der Waals surface area (Å²) in [5, 5.41) is 0. The number of carbonyl (C=O) groups excluding carboxylic acids is 1. The van der Waals surface area contributed by atoms with Crippen molar-refractivity contribution in [3.05, 3.63) is 29.8 Å². The van der Waals surface area contributed by atoms with Gasteiger partial charge in [-0.25, -0.2) is 4.79 Å². The average Bonchev–Trinajstić information content (AvgIpc) is 2.55. The number of unbranched alkanes of at least 4 members (excludes halogenated alkanes) is 2. The molecule has 1 aromatic carbocycles. The Morgan fingerprint density at radius 1 is 1.08 bits per heavy atom. The van der Waals surface area contributed by atoms with Crippen molar-refractivity contribution in [3.8, 4) is 5.75 Å². The molecule has 134 valence electrons. The van der Waals surface area contributed by atoms with Crippen molar-refractivity contribution in [2.24, 2.45) is 0 Å². The molecule has 4 nitrogen and oxygen atoms in total. The van der Waals surface area contributed by atoms with E-state index in [0.717, 1.165) is 38.2 Å². The van der Waals surface area contributed by atoms with Crippen LogP contribution in [-0.2, 0) is 6.18 Å². The van der Waals surface area contributed by atoms with Crippen molar-refractivity contribution < 1.29 is 22.7 Å². The summed E-state index contributed by atoms with van der Waals surface area (Å²) in [5.41, 5.74) is -0.761. The first-order chi connectivity index (χ1) is 11.4. The Labute approximate surface area is 140 Å². The van der Waals surface area contributed by atoms with Gasteiger partial charge in [-0.1, -0.05) is 19.8 Å². The van der Waals surface area contributed by atoms with E-state index < -0.39 is 17.8 Å². The van der Waals surface area contributed by atoms with Crippen molar-refractivity contribution in [2.75, 3.05) is 32.7 Å². The standard InChI is InChI=1S/C17H23F3N2O2/c1-2-3-4-9-21-10-12-22(13-11-21)16(23)24-15-7-5-14(6-8-15)17(18,19)20/h5-8H,2-4,9-13H2,1H3.